The van der Waals surface area contributed by atoms with Crippen molar-refractivity contribution in [3.8, 4) is 0 Å². The Hall–Kier alpha value is -1.09. The summed E-state index contributed by atoms with van der Waals surface area (Å²) in [6.45, 7) is 0.995. The Balaban J connectivity index is 2.01. The third-order valence-electron chi connectivity index (χ3n) is 3.50. The van der Waals surface area contributed by atoms with E-state index < -0.39 is 0 Å². The summed E-state index contributed by atoms with van der Waals surface area (Å²) in [7, 11) is 4.16. The molecule has 0 spiro atoms. The average molecular weight is 219 g/mol. The number of rotatable bonds is 4. The highest BCUT2D eigenvalue weighted by Crippen LogP contribution is 2.24. The zero-order valence-corrected chi connectivity index (χ0v) is 10.2. The van der Waals surface area contributed by atoms with Crippen LogP contribution in [0.2, 0.25) is 0 Å². The quantitative estimate of drug-likeness (QED) is 0.843. The standard InChI is InChI=1S/C13H21N3/c1-14-13-11(6-5-9-15-13)10-16(2)12-7-3-4-8-12/h5-6,9,12H,3-4,7-8,10H2,1-2H3,(H,14,15). The lowest BCUT2D eigenvalue weighted by Gasteiger charge is -2.24. The molecule has 0 unspecified atom stereocenters. The molecule has 16 heavy (non-hydrogen) atoms. The second-order valence-electron chi connectivity index (χ2n) is 4.61. The molecule has 0 atom stereocenters. The Morgan fingerprint density at radius 3 is 2.88 bits per heavy atom. The van der Waals surface area contributed by atoms with Gasteiger partial charge in [-0.25, -0.2) is 4.98 Å². The topological polar surface area (TPSA) is 28.2 Å². The summed E-state index contributed by atoms with van der Waals surface area (Å²) in [6, 6.07) is 4.94. The molecule has 1 N–H and O–H groups in total. The summed E-state index contributed by atoms with van der Waals surface area (Å²) in [5.74, 6) is 1.01. The van der Waals surface area contributed by atoms with Crippen molar-refractivity contribution in [2.75, 3.05) is 19.4 Å². The van der Waals surface area contributed by atoms with Crippen molar-refractivity contribution in [1.82, 2.24) is 9.88 Å². The second-order valence-corrected chi connectivity index (χ2v) is 4.61. The van der Waals surface area contributed by atoms with Gasteiger partial charge < -0.3 is 5.32 Å². The van der Waals surface area contributed by atoms with Crippen LogP contribution < -0.4 is 5.32 Å². The maximum Gasteiger partial charge on any atom is 0.130 e. The molecule has 1 saturated carbocycles. The van der Waals surface area contributed by atoms with Gasteiger partial charge in [0.1, 0.15) is 5.82 Å². The van der Waals surface area contributed by atoms with Gasteiger partial charge in [0.2, 0.25) is 0 Å². The smallest absolute Gasteiger partial charge is 0.130 e. The van der Waals surface area contributed by atoms with Crippen LogP contribution in [0.4, 0.5) is 5.82 Å². The van der Waals surface area contributed by atoms with Crippen molar-refractivity contribution in [3.63, 3.8) is 0 Å². The first-order chi connectivity index (χ1) is 7.81. The van der Waals surface area contributed by atoms with Gasteiger partial charge in [-0.2, -0.15) is 0 Å². The summed E-state index contributed by atoms with van der Waals surface area (Å²) < 4.78 is 0. The Kier molecular flexibility index (Phi) is 3.78. The first-order valence-electron chi connectivity index (χ1n) is 6.13. The van der Waals surface area contributed by atoms with E-state index in [1.807, 2.05) is 19.3 Å². The molecule has 2 rings (SSSR count). The van der Waals surface area contributed by atoms with Gasteiger partial charge in [0.05, 0.1) is 0 Å². The van der Waals surface area contributed by atoms with Crippen LogP contribution in [0, 0.1) is 0 Å². The number of nitrogens with one attached hydrogen (secondary N) is 1. The molecule has 88 valence electrons. The molecule has 1 heterocycles. The Bertz CT molecular complexity index is 332. The van der Waals surface area contributed by atoms with Crippen LogP contribution in [0.25, 0.3) is 0 Å². The van der Waals surface area contributed by atoms with Gasteiger partial charge in [-0.15, -0.1) is 0 Å². The first-order valence-corrected chi connectivity index (χ1v) is 6.13. The lowest BCUT2D eigenvalue weighted by Crippen LogP contribution is -2.28. The molecule has 0 radical (unpaired) electrons. The molecule has 1 aromatic heterocycles. The zero-order chi connectivity index (χ0) is 11.4. The lowest BCUT2D eigenvalue weighted by molar-refractivity contribution is 0.237. The zero-order valence-electron chi connectivity index (χ0n) is 10.2. The number of pyridine rings is 1. The predicted molar refractivity (Wildman–Crippen MR) is 67.5 cm³/mol. The van der Waals surface area contributed by atoms with Crippen molar-refractivity contribution in [2.24, 2.45) is 0 Å². The van der Waals surface area contributed by atoms with Crippen molar-refractivity contribution in [2.45, 2.75) is 38.3 Å². The maximum atomic E-state index is 4.34. The molecule has 0 saturated heterocycles. The van der Waals surface area contributed by atoms with Crippen LogP contribution in [-0.2, 0) is 6.54 Å². The number of hydrogen-bond acceptors (Lipinski definition) is 3. The van der Waals surface area contributed by atoms with Crippen LogP contribution in [0.15, 0.2) is 18.3 Å². The highest BCUT2D eigenvalue weighted by Gasteiger charge is 2.20. The maximum absolute atomic E-state index is 4.34. The third-order valence-corrected chi connectivity index (χ3v) is 3.50. The minimum Gasteiger partial charge on any atom is -0.373 e. The summed E-state index contributed by atoms with van der Waals surface area (Å²) in [5.41, 5.74) is 1.29. The molecule has 1 fully saturated rings. The van der Waals surface area contributed by atoms with Crippen LogP contribution in [0.5, 0.6) is 0 Å². The Morgan fingerprint density at radius 1 is 1.44 bits per heavy atom. The van der Waals surface area contributed by atoms with Crippen molar-refractivity contribution >= 4 is 5.82 Å². The number of hydrogen-bond donors (Lipinski definition) is 1. The second kappa shape index (κ2) is 5.30. The summed E-state index contributed by atoms with van der Waals surface area (Å²) >= 11 is 0. The van der Waals surface area contributed by atoms with Gasteiger partial charge in [0.25, 0.3) is 0 Å². The summed E-state index contributed by atoms with van der Waals surface area (Å²) in [6.07, 6.45) is 7.32. The molecule has 1 aromatic rings. The van der Waals surface area contributed by atoms with Crippen LogP contribution in [0.3, 0.4) is 0 Å². The van der Waals surface area contributed by atoms with E-state index >= 15 is 0 Å². The van der Waals surface area contributed by atoms with Gasteiger partial charge in [0.15, 0.2) is 0 Å². The molecule has 1 aliphatic rings. The number of anilines is 1. The fourth-order valence-corrected chi connectivity index (χ4v) is 2.53. The largest absolute Gasteiger partial charge is 0.373 e. The van der Waals surface area contributed by atoms with Gasteiger partial charge in [0, 0.05) is 31.4 Å². The van der Waals surface area contributed by atoms with E-state index in [4.69, 9.17) is 0 Å². The normalized spacial score (nSPS) is 16.9. The molecule has 0 bridgehead atoms. The number of aromatic nitrogens is 1. The Labute approximate surface area is 97.9 Å². The summed E-state index contributed by atoms with van der Waals surface area (Å²) in [4.78, 5) is 6.80. The highest BCUT2D eigenvalue weighted by atomic mass is 15.1. The third kappa shape index (κ3) is 2.53. The van der Waals surface area contributed by atoms with Gasteiger partial charge in [-0.3, -0.25) is 4.90 Å². The molecule has 3 nitrogen and oxygen atoms in total. The van der Waals surface area contributed by atoms with E-state index in [1.54, 1.807) is 0 Å². The lowest BCUT2D eigenvalue weighted by atomic mass is 10.2. The molecule has 0 aliphatic heterocycles. The van der Waals surface area contributed by atoms with Crippen molar-refractivity contribution in [1.29, 1.82) is 0 Å². The molecule has 0 amide bonds. The van der Waals surface area contributed by atoms with Crippen LogP contribution in [0.1, 0.15) is 31.2 Å². The predicted octanol–water partition coefficient (Wildman–Crippen LogP) is 2.50. The molecule has 3 heteroatoms. The SMILES string of the molecule is CNc1ncccc1CN(C)C1CCCC1. The molecular formula is C13H21N3. The molecule has 1 aliphatic carbocycles. The highest BCUT2D eigenvalue weighted by molar-refractivity contribution is 5.42. The van der Waals surface area contributed by atoms with Gasteiger partial charge >= 0.3 is 0 Å². The average Bonchev–Trinajstić information content (AvgIpc) is 2.83. The monoisotopic (exact) mass is 219 g/mol. The van der Waals surface area contributed by atoms with E-state index in [2.05, 4.69) is 28.3 Å². The van der Waals surface area contributed by atoms with Gasteiger partial charge in [-0.1, -0.05) is 18.9 Å². The van der Waals surface area contributed by atoms with E-state index in [-0.39, 0.29) is 0 Å². The van der Waals surface area contributed by atoms with E-state index in [9.17, 15) is 0 Å². The van der Waals surface area contributed by atoms with E-state index in [0.717, 1.165) is 18.4 Å². The van der Waals surface area contributed by atoms with Crippen LogP contribution >= 0.6 is 0 Å². The minimum atomic E-state index is 0.768. The minimum absolute atomic E-state index is 0.768. The van der Waals surface area contributed by atoms with E-state index in [1.165, 1.54) is 31.2 Å². The van der Waals surface area contributed by atoms with Gasteiger partial charge in [-0.05, 0) is 26.0 Å². The first kappa shape index (κ1) is 11.4. The van der Waals surface area contributed by atoms with Crippen LogP contribution in [-0.4, -0.2) is 30.0 Å². The van der Waals surface area contributed by atoms with E-state index in [0.29, 0.717) is 0 Å². The fourth-order valence-electron chi connectivity index (χ4n) is 2.53. The Morgan fingerprint density at radius 2 is 2.19 bits per heavy atom. The molecule has 0 aromatic carbocycles. The summed E-state index contributed by atoms with van der Waals surface area (Å²) in [5, 5.41) is 3.15. The van der Waals surface area contributed by atoms with Crippen molar-refractivity contribution in [3.05, 3.63) is 23.9 Å². The number of nitrogens with zero attached hydrogens (tertiary/aromatic N) is 2. The van der Waals surface area contributed by atoms with Crippen molar-refractivity contribution < 1.29 is 0 Å². The molecular weight excluding hydrogens is 198 g/mol. The fraction of sp³-hybridized carbons (Fsp3) is 0.615.